The van der Waals surface area contributed by atoms with E-state index in [-0.39, 0.29) is 0 Å². The summed E-state index contributed by atoms with van der Waals surface area (Å²) in [5.41, 5.74) is 8.03. The highest BCUT2D eigenvalue weighted by Crippen LogP contribution is 2.50. The molecule has 3 N–H and O–H groups in total. The Morgan fingerprint density at radius 1 is 0.892 bits per heavy atom. The van der Waals surface area contributed by atoms with Gasteiger partial charge in [-0.25, -0.2) is 4.98 Å². The van der Waals surface area contributed by atoms with Gasteiger partial charge in [0.2, 0.25) is 5.88 Å². The van der Waals surface area contributed by atoms with Crippen LogP contribution < -0.4 is 10.5 Å². The lowest BCUT2D eigenvalue weighted by atomic mass is 9.68. The zero-order valence-electron chi connectivity index (χ0n) is 21.3. The van der Waals surface area contributed by atoms with Crippen molar-refractivity contribution in [1.82, 2.24) is 4.98 Å². The first kappa shape index (κ1) is 25.4. The minimum atomic E-state index is -1.38. The van der Waals surface area contributed by atoms with Gasteiger partial charge in [0.15, 0.2) is 0 Å². The fraction of sp³-hybridized carbons (Fsp3) is 0.219. The Bertz CT molecular complexity index is 1560. The van der Waals surface area contributed by atoms with Crippen LogP contribution in [-0.4, -0.2) is 22.7 Å². The van der Waals surface area contributed by atoms with Gasteiger partial charge in [-0.15, -0.1) is 0 Å². The van der Waals surface area contributed by atoms with Gasteiger partial charge in [0.05, 0.1) is 12.6 Å². The molecule has 4 nitrogen and oxygen atoms in total. The van der Waals surface area contributed by atoms with Crippen LogP contribution in [0.3, 0.4) is 0 Å². The Morgan fingerprint density at radius 2 is 1.59 bits per heavy atom. The summed E-state index contributed by atoms with van der Waals surface area (Å²) in [7, 11) is 1.63. The van der Waals surface area contributed by atoms with Crippen LogP contribution in [0.1, 0.15) is 42.9 Å². The number of halogens is 1. The lowest BCUT2D eigenvalue weighted by Crippen LogP contribution is -2.45. The first-order valence-electron chi connectivity index (χ1n) is 12.4. The molecular weight excluding hydrogens is 524 g/mol. The van der Waals surface area contributed by atoms with E-state index in [1.807, 2.05) is 74.5 Å². The number of hydrogen-bond donors (Lipinski definition) is 2. The third-order valence-electron chi connectivity index (χ3n) is 6.87. The van der Waals surface area contributed by atoms with Crippen molar-refractivity contribution >= 4 is 37.6 Å². The van der Waals surface area contributed by atoms with Gasteiger partial charge in [0.25, 0.3) is 0 Å². The Balaban J connectivity index is 1.88. The summed E-state index contributed by atoms with van der Waals surface area (Å²) in [4.78, 5) is 4.86. The molecule has 188 valence electrons. The third kappa shape index (κ3) is 4.99. The lowest BCUT2D eigenvalue weighted by Gasteiger charge is -2.42. The second-order valence-corrected chi connectivity index (χ2v) is 11.3. The second kappa shape index (κ2) is 9.90. The zero-order valence-corrected chi connectivity index (χ0v) is 22.9. The Labute approximate surface area is 226 Å². The summed E-state index contributed by atoms with van der Waals surface area (Å²) in [6, 6.07) is 32.4. The number of hydrogen-bond acceptors (Lipinski definition) is 4. The number of ether oxygens (including phenoxy) is 1. The van der Waals surface area contributed by atoms with E-state index in [9.17, 15) is 5.11 Å². The summed E-state index contributed by atoms with van der Waals surface area (Å²) in [6.45, 7) is 3.91. The van der Waals surface area contributed by atoms with Gasteiger partial charge >= 0.3 is 0 Å². The average Bonchev–Trinajstić information content (AvgIpc) is 2.87. The molecule has 5 rings (SSSR count). The van der Waals surface area contributed by atoms with E-state index in [1.165, 1.54) is 0 Å². The summed E-state index contributed by atoms with van der Waals surface area (Å²) in [6.07, 6.45) is 0.313. The average molecular weight is 556 g/mol. The van der Waals surface area contributed by atoms with E-state index in [2.05, 4.69) is 52.3 Å². The molecule has 2 atom stereocenters. The van der Waals surface area contributed by atoms with E-state index in [4.69, 9.17) is 15.5 Å². The zero-order chi connectivity index (χ0) is 26.2. The molecule has 5 aromatic rings. The summed E-state index contributed by atoms with van der Waals surface area (Å²) >= 11 is 3.59. The molecule has 0 aliphatic carbocycles. The largest absolute Gasteiger partial charge is 0.481 e. The monoisotopic (exact) mass is 554 g/mol. The van der Waals surface area contributed by atoms with E-state index < -0.39 is 17.1 Å². The van der Waals surface area contributed by atoms with Gasteiger partial charge in [-0.05, 0) is 66.4 Å². The number of rotatable bonds is 7. The SMILES string of the molecule is COc1nc2ccc(Br)cc2cc1[C@@H](c1ccccc1)[C@@](O)(CC(C)(C)N)c1cccc2ccccc12. The Kier molecular flexibility index (Phi) is 6.80. The predicted molar refractivity (Wildman–Crippen MR) is 155 cm³/mol. The number of nitrogens with two attached hydrogens (primary N) is 1. The van der Waals surface area contributed by atoms with Crippen LogP contribution in [0.25, 0.3) is 21.7 Å². The van der Waals surface area contributed by atoms with Crippen LogP contribution in [0.4, 0.5) is 0 Å². The molecule has 0 saturated heterocycles. The van der Waals surface area contributed by atoms with Gasteiger partial charge in [-0.3, -0.25) is 0 Å². The van der Waals surface area contributed by atoms with Gasteiger partial charge in [-0.2, -0.15) is 0 Å². The van der Waals surface area contributed by atoms with Gasteiger partial charge in [0, 0.05) is 26.9 Å². The fourth-order valence-corrected chi connectivity index (χ4v) is 5.90. The van der Waals surface area contributed by atoms with Crippen molar-refractivity contribution in [2.24, 2.45) is 5.73 Å². The van der Waals surface area contributed by atoms with Crippen molar-refractivity contribution in [2.45, 2.75) is 37.3 Å². The highest BCUT2D eigenvalue weighted by atomic mass is 79.9. The highest BCUT2D eigenvalue weighted by Gasteiger charge is 2.45. The van der Waals surface area contributed by atoms with E-state index in [1.54, 1.807) is 7.11 Å². The van der Waals surface area contributed by atoms with Crippen molar-refractivity contribution in [1.29, 1.82) is 0 Å². The number of methoxy groups -OCH3 is 1. The smallest absolute Gasteiger partial charge is 0.217 e. The van der Waals surface area contributed by atoms with Crippen LogP contribution >= 0.6 is 15.9 Å². The Morgan fingerprint density at radius 3 is 2.32 bits per heavy atom. The molecule has 37 heavy (non-hydrogen) atoms. The van der Waals surface area contributed by atoms with Gasteiger partial charge in [0.1, 0.15) is 5.60 Å². The predicted octanol–water partition coefficient (Wildman–Crippen LogP) is 7.31. The quantitative estimate of drug-likeness (QED) is 0.221. The minimum Gasteiger partial charge on any atom is -0.481 e. The van der Waals surface area contributed by atoms with Crippen molar-refractivity contribution in [2.75, 3.05) is 7.11 Å². The van der Waals surface area contributed by atoms with Crippen LogP contribution in [0.5, 0.6) is 5.88 Å². The molecule has 4 aromatic carbocycles. The molecule has 0 unspecified atom stereocenters. The van der Waals surface area contributed by atoms with E-state index in [0.29, 0.717) is 12.3 Å². The number of nitrogens with zero attached hydrogens (tertiary/aromatic N) is 1. The fourth-order valence-electron chi connectivity index (χ4n) is 5.52. The number of aromatic nitrogens is 1. The molecule has 5 heteroatoms. The molecule has 0 fully saturated rings. The van der Waals surface area contributed by atoms with E-state index in [0.717, 1.165) is 42.8 Å². The Hall–Kier alpha value is -3.25. The summed E-state index contributed by atoms with van der Waals surface area (Å²) in [5.74, 6) is -0.0228. The number of aliphatic hydroxyl groups is 1. The summed E-state index contributed by atoms with van der Waals surface area (Å²) in [5, 5.41) is 16.1. The maximum absolute atomic E-state index is 13.1. The maximum Gasteiger partial charge on any atom is 0.217 e. The van der Waals surface area contributed by atoms with Gasteiger partial charge < -0.3 is 15.6 Å². The molecule has 0 aliphatic heterocycles. The topological polar surface area (TPSA) is 68.4 Å². The van der Waals surface area contributed by atoms with Crippen LogP contribution in [0.2, 0.25) is 0 Å². The minimum absolute atomic E-state index is 0.313. The first-order valence-corrected chi connectivity index (χ1v) is 13.2. The van der Waals surface area contributed by atoms with Crippen LogP contribution in [-0.2, 0) is 5.60 Å². The van der Waals surface area contributed by atoms with Crippen molar-refractivity contribution in [3.8, 4) is 5.88 Å². The molecule has 1 aromatic heterocycles. The number of pyridine rings is 1. The number of fused-ring (bicyclic) bond motifs is 2. The first-order chi connectivity index (χ1) is 17.7. The third-order valence-corrected chi connectivity index (χ3v) is 7.36. The highest BCUT2D eigenvalue weighted by molar-refractivity contribution is 9.10. The van der Waals surface area contributed by atoms with Crippen LogP contribution in [0.15, 0.2) is 102 Å². The van der Waals surface area contributed by atoms with Crippen LogP contribution in [0, 0.1) is 0 Å². The lowest BCUT2D eigenvalue weighted by molar-refractivity contribution is -0.00535. The van der Waals surface area contributed by atoms with Gasteiger partial charge in [-0.1, -0.05) is 88.7 Å². The van der Waals surface area contributed by atoms with Crippen molar-refractivity contribution in [3.63, 3.8) is 0 Å². The molecule has 0 aliphatic rings. The summed E-state index contributed by atoms with van der Waals surface area (Å²) < 4.78 is 6.83. The molecule has 0 saturated carbocycles. The second-order valence-electron chi connectivity index (χ2n) is 10.4. The standard InChI is InChI=1S/C32H31BrN2O2/c1-31(2,34)20-32(36,27-15-9-13-21-10-7-8-14-25(21)27)29(22-11-5-4-6-12-22)26-19-23-18-24(33)16-17-28(23)35-30(26)37-3/h4-19,29,36H,20,34H2,1-3H3/t29-,32-/m1/s1. The normalized spacial score (nSPS) is 14.4. The van der Waals surface area contributed by atoms with Crippen molar-refractivity contribution in [3.05, 3.63) is 118 Å². The molecule has 1 heterocycles. The molecule has 0 bridgehead atoms. The molecule has 0 amide bonds. The van der Waals surface area contributed by atoms with E-state index >= 15 is 0 Å². The molecular formula is C32H31BrN2O2. The maximum atomic E-state index is 13.1. The van der Waals surface area contributed by atoms with Crippen molar-refractivity contribution < 1.29 is 9.84 Å². The number of benzene rings is 4. The molecule has 0 radical (unpaired) electrons. The molecule has 0 spiro atoms.